The number of rotatable bonds is 15. The fourth-order valence-electron chi connectivity index (χ4n) is 7.25. The molecule has 3 amide bonds. The Morgan fingerprint density at radius 3 is 1.65 bits per heavy atom. The fraction of sp³-hybridized carbons (Fsp3) is 0.244. The van der Waals surface area contributed by atoms with Crippen LogP contribution in [0.3, 0.4) is 0 Å². The summed E-state index contributed by atoms with van der Waals surface area (Å²) in [6, 6.07) is 43.5. The molecule has 2 atom stereocenters. The molecule has 0 saturated carbocycles. The van der Waals surface area contributed by atoms with Gasteiger partial charge in [-0.05, 0) is 45.4 Å². The van der Waals surface area contributed by atoms with E-state index < -0.39 is 48.0 Å². The van der Waals surface area contributed by atoms with Gasteiger partial charge < -0.3 is 25.4 Å². The van der Waals surface area contributed by atoms with Gasteiger partial charge in [-0.2, -0.15) is 0 Å². The highest BCUT2D eigenvalue weighted by Crippen LogP contribution is 2.44. The van der Waals surface area contributed by atoms with Crippen molar-refractivity contribution in [2.24, 2.45) is 0 Å². The number of carbonyl (C=O) groups excluding carboxylic acids is 4. The molecular formula is C45H45N3O6. The molecule has 9 nitrogen and oxygen atoms in total. The first-order valence-electron chi connectivity index (χ1n) is 18.4. The number of hydrogen-bond acceptors (Lipinski definition) is 6. The van der Waals surface area contributed by atoms with Crippen molar-refractivity contribution in [3.8, 4) is 11.1 Å². The zero-order valence-electron chi connectivity index (χ0n) is 30.5. The van der Waals surface area contributed by atoms with Crippen LogP contribution in [0, 0.1) is 0 Å². The summed E-state index contributed by atoms with van der Waals surface area (Å²) in [7, 11) is 0. The van der Waals surface area contributed by atoms with E-state index in [1.165, 1.54) is 6.92 Å². The Morgan fingerprint density at radius 1 is 0.685 bits per heavy atom. The molecule has 0 aromatic heterocycles. The summed E-state index contributed by atoms with van der Waals surface area (Å²) < 4.78 is 11.4. The van der Waals surface area contributed by atoms with Crippen LogP contribution in [-0.4, -0.2) is 49.2 Å². The maximum atomic E-state index is 14.5. The first-order chi connectivity index (χ1) is 26.3. The third-order valence-electron chi connectivity index (χ3n) is 9.75. The SMILES string of the molecule is CCCCNC(=O)C(OC(C)=O)[C@@H](CC(=O)NC(c1ccccc1)(c1ccccc1)c1ccccc1)NC(=O)OCC1c2ccccc2-c2ccccc21. The van der Waals surface area contributed by atoms with Gasteiger partial charge in [0.25, 0.3) is 5.91 Å². The molecule has 0 bridgehead atoms. The van der Waals surface area contributed by atoms with Crippen LogP contribution in [0.2, 0.25) is 0 Å². The Kier molecular flexibility index (Phi) is 12.2. The maximum absolute atomic E-state index is 14.5. The second-order valence-electron chi connectivity index (χ2n) is 13.4. The van der Waals surface area contributed by atoms with Gasteiger partial charge in [-0.15, -0.1) is 0 Å². The van der Waals surface area contributed by atoms with Crippen molar-refractivity contribution < 1.29 is 28.7 Å². The monoisotopic (exact) mass is 723 g/mol. The van der Waals surface area contributed by atoms with Crippen LogP contribution in [0.25, 0.3) is 11.1 Å². The third-order valence-corrected chi connectivity index (χ3v) is 9.75. The lowest BCUT2D eigenvalue weighted by Crippen LogP contribution is -2.56. The Balaban J connectivity index is 1.31. The van der Waals surface area contributed by atoms with Gasteiger partial charge in [0.05, 0.1) is 12.5 Å². The molecule has 6 rings (SSSR count). The number of unbranched alkanes of at least 4 members (excludes halogenated alkanes) is 1. The van der Waals surface area contributed by atoms with Gasteiger partial charge in [0, 0.05) is 19.4 Å². The molecular weight excluding hydrogens is 679 g/mol. The van der Waals surface area contributed by atoms with E-state index in [1.54, 1.807) is 0 Å². The number of amides is 3. The Morgan fingerprint density at radius 2 is 1.17 bits per heavy atom. The molecule has 5 aromatic rings. The summed E-state index contributed by atoms with van der Waals surface area (Å²) in [5.74, 6) is -2.09. The normalized spacial score (nSPS) is 13.1. The summed E-state index contributed by atoms with van der Waals surface area (Å²) in [4.78, 5) is 54.3. The van der Waals surface area contributed by atoms with Gasteiger partial charge in [0.1, 0.15) is 12.1 Å². The molecule has 276 valence electrons. The molecule has 0 radical (unpaired) electrons. The van der Waals surface area contributed by atoms with E-state index in [4.69, 9.17) is 9.47 Å². The zero-order chi connectivity index (χ0) is 37.9. The second-order valence-corrected chi connectivity index (χ2v) is 13.4. The van der Waals surface area contributed by atoms with E-state index >= 15 is 0 Å². The quantitative estimate of drug-likeness (QED) is 0.0595. The summed E-state index contributed by atoms with van der Waals surface area (Å²) in [6.45, 7) is 3.51. The van der Waals surface area contributed by atoms with E-state index in [2.05, 4.69) is 16.0 Å². The Bertz CT molecular complexity index is 1910. The molecule has 1 aliphatic carbocycles. The molecule has 0 heterocycles. The van der Waals surface area contributed by atoms with Crippen molar-refractivity contribution in [1.29, 1.82) is 0 Å². The summed E-state index contributed by atoms with van der Waals surface area (Å²) in [5, 5.41) is 8.82. The van der Waals surface area contributed by atoms with Gasteiger partial charge in [-0.3, -0.25) is 14.4 Å². The Hall–Kier alpha value is -6.22. The van der Waals surface area contributed by atoms with Crippen LogP contribution in [-0.2, 0) is 29.4 Å². The first-order valence-corrected chi connectivity index (χ1v) is 18.4. The lowest BCUT2D eigenvalue weighted by Gasteiger charge is -2.37. The molecule has 5 aromatic carbocycles. The summed E-state index contributed by atoms with van der Waals surface area (Å²) in [5.41, 5.74) is 5.46. The smallest absolute Gasteiger partial charge is 0.407 e. The van der Waals surface area contributed by atoms with Crippen LogP contribution < -0.4 is 16.0 Å². The van der Waals surface area contributed by atoms with Crippen molar-refractivity contribution in [2.75, 3.05) is 13.2 Å². The van der Waals surface area contributed by atoms with Gasteiger partial charge >= 0.3 is 12.1 Å². The highest BCUT2D eigenvalue weighted by Gasteiger charge is 2.41. The zero-order valence-corrected chi connectivity index (χ0v) is 30.5. The highest BCUT2D eigenvalue weighted by molar-refractivity contribution is 5.87. The minimum atomic E-state index is -1.52. The number of nitrogens with one attached hydrogen (secondary N) is 3. The molecule has 0 saturated heterocycles. The highest BCUT2D eigenvalue weighted by atomic mass is 16.6. The van der Waals surface area contributed by atoms with Crippen LogP contribution in [0.5, 0.6) is 0 Å². The molecule has 9 heteroatoms. The van der Waals surface area contributed by atoms with Gasteiger partial charge in [-0.1, -0.05) is 153 Å². The van der Waals surface area contributed by atoms with Crippen molar-refractivity contribution in [2.45, 2.75) is 56.7 Å². The van der Waals surface area contributed by atoms with Crippen molar-refractivity contribution in [3.63, 3.8) is 0 Å². The maximum Gasteiger partial charge on any atom is 0.407 e. The minimum Gasteiger partial charge on any atom is -0.450 e. The molecule has 1 unspecified atom stereocenters. The largest absolute Gasteiger partial charge is 0.450 e. The van der Waals surface area contributed by atoms with Crippen molar-refractivity contribution in [1.82, 2.24) is 16.0 Å². The van der Waals surface area contributed by atoms with E-state index in [-0.39, 0.29) is 12.5 Å². The second kappa shape index (κ2) is 17.5. The average Bonchev–Trinajstić information content (AvgIpc) is 3.52. The topological polar surface area (TPSA) is 123 Å². The molecule has 3 N–H and O–H groups in total. The number of fused-ring (bicyclic) bond motifs is 3. The molecule has 0 spiro atoms. The number of esters is 1. The molecule has 0 fully saturated rings. The van der Waals surface area contributed by atoms with E-state index in [0.29, 0.717) is 13.0 Å². The number of ether oxygens (including phenoxy) is 2. The standard InChI is InChI=1S/C45H45N3O6/c1-3-4-28-46-43(51)42(54-31(2)49)40(47-44(52)53-30-39-37-26-16-14-24-35(37)36-25-15-17-27-38(36)39)29-41(50)48-45(32-18-8-5-9-19-32,33-20-10-6-11-21-33)34-22-12-7-13-23-34/h5-27,39-40,42H,3-4,28-30H2,1-2H3,(H,46,51)(H,47,52)(H,48,50)/t40-,42?/m1/s1. The Labute approximate surface area is 316 Å². The third kappa shape index (κ3) is 8.36. The number of hydrogen-bond donors (Lipinski definition) is 3. The average molecular weight is 724 g/mol. The predicted molar refractivity (Wildman–Crippen MR) is 207 cm³/mol. The van der Waals surface area contributed by atoms with Crippen LogP contribution in [0.4, 0.5) is 4.79 Å². The van der Waals surface area contributed by atoms with Crippen molar-refractivity contribution >= 4 is 23.9 Å². The lowest BCUT2D eigenvalue weighted by atomic mass is 9.77. The summed E-state index contributed by atoms with van der Waals surface area (Å²) >= 11 is 0. The predicted octanol–water partition coefficient (Wildman–Crippen LogP) is 7.24. The summed E-state index contributed by atoms with van der Waals surface area (Å²) in [6.07, 6.45) is -1.28. The number of carbonyl (C=O) groups is 4. The van der Waals surface area contributed by atoms with E-state index in [0.717, 1.165) is 45.4 Å². The molecule has 54 heavy (non-hydrogen) atoms. The van der Waals surface area contributed by atoms with Gasteiger partial charge in [-0.25, -0.2) is 4.79 Å². The minimum absolute atomic E-state index is 0.0127. The number of alkyl carbamates (subject to hydrolysis) is 1. The van der Waals surface area contributed by atoms with Crippen LogP contribution in [0.1, 0.15) is 66.8 Å². The fourth-order valence-corrected chi connectivity index (χ4v) is 7.25. The van der Waals surface area contributed by atoms with Crippen molar-refractivity contribution in [3.05, 3.63) is 167 Å². The van der Waals surface area contributed by atoms with E-state index in [1.807, 2.05) is 146 Å². The van der Waals surface area contributed by atoms with Crippen LogP contribution >= 0.6 is 0 Å². The van der Waals surface area contributed by atoms with Gasteiger partial charge in [0.2, 0.25) is 12.0 Å². The van der Waals surface area contributed by atoms with Gasteiger partial charge in [0.15, 0.2) is 0 Å². The number of benzene rings is 5. The lowest BCUT2D eigenvalue weighted by molar-refractivity contribution is -0.156. The first kappa shape index (κ1) is 37.5. The molecule has 0 aliphatic heterocycles. The van der Waals surface area contributed by atoms with E-state index in [9.17, 15) is 19.2 Å². The molecule has 1 aliphatic rings. The van der Waals surface area contributed by atoms with Crippen LogP contribution in [0.15, 0.2) is 140 Å².